The summed E-state index contributed by atoms with van der Waals surface area (Å²) in [6.07, 6.45) is 62.4. The molecule has 9 heteroatoms. The number of quaternary nitrogens is 1. The van der Waals surface area contributed by atoms with Gasteiger partial charge in [-0.3, -0.25) is 13.8 Å². The lowest BCUT2D eigenvalue weighted by Crippen LogP contribution is -2.37. The number of unbranched alkanes of at least 4 members (excludes halogenated alkanes) is 7. The third kappa shape index (κ3) is 47.8. The number of allylic oxidation sites excluding steroid dienone is 20. The van der Waals surface area contributed by atoms with Crippen molar-refractivity contribution in [3.63, 3.8) is 0 Å². The molecule has 0 heterocycles. The highest BCUT2D eigenvalue weighted by molar-refractivity contribution is 7.47. The summed E-state index contributed by atoms with van der Waals surface area (Å²) < 4.78 is 35.0. The van der Waals surface area contributed by atoms with Crippen LogP contribution in [-0.2, 0) is 27.9 Å². The first-order valence-electron chi connectivity index (χ1n) is 23.3. The van der Waals surface area contributed by atoms with Crippen LogP contribution in [0.3, 0.4) is 0 Å². The fourth-order valence-electron chi connectivity index (χ4n) is 5.49. The molecule has 1 N–H and O–H groups in total. The standard InChI is InChI=1S/C52H86NO7P/c1-6-8-10-12-14-16-18-20-22-24-26-28-30-32-34-36-38-40-42-44-47-57-49-51(50-59-61(55,56)58-48-46-53(3,4)5)60-52(54)45-43-41-39-37-35-33-31-29-27-25-23-21-19-17-15-13-11-9-7-2/h8-11,14-17,20-23,26-29,32-35,51H,6-7,12-13,18-19,24-25,30-31,36-50H2,1-5H3/p+1/b10-8-,11-9-,16-14-,17-15-,22-20-,23-21-,28-26-,29-27-,34-32-,35-33-. The van der Waals surface area contributed by atoms with Crippen molar-refractivity contribution in [3.8, 4) is 0 Å². The fourth-order valence-corrected chi connectivity index (χ4v) is 6.23. The Labute approximate surface area is 373 Å². The van der Waals surface area contributed by atoms with Crippen LogP contribution < -0.4 is 0 Å². The number of hydrogen-bond acceptors (Lipinski definition) is 6. The van der Waals surface area contributed by atoms with Crippen molar-refractivity contribution >= 4 is 13.8 Å². The molecule has 0 aromatic heterocycles. The highest BCUT2D eigenvalue weighted by atomic mass is 31.2. The van der Waals surface area contributed by atoms with Crippen LogP contribution in [0.4, 0.5) is 0 Å². The lowest BCUT2D eigenvalue weighted by Gasteiger charge is -2.24. The number of carbonyl (C=O) groups excluding carboxylic acids is 1. The molecule has 2 atom stereocenters. The molecule has 0 fully saturated rings. The lowest BCUT2D eigenvalue weighted by atomic mass is 10.1. The van der Waals surface area contributed by atoms with E-state index in [4.69, 9.17) is 18.5 Å². The Kier molecular flexibility index (Phi) is 41.3. The number of phosphoric ester groups is 1. The third-order valence-electron chi connectivity index (χ3n) is 9.02. The third-order valence-corrected chi connectivity index (χ3v) is 10.0. The van der Waals surface area contributed by atoms with Gasteiger partial charge in [0.15, 0.2) is 0 Å². The summed E-state index contributed by atoms with van der Waals surface area (Å²) >= 11 is 0. The van der Waals surface area contributed by atoms with Crippen molar-refractivity contribution in [3.05, 3.63) is 122 Å². The Morgan fingerprint density at radius 3 is 1.33 bits per heavy atom. The molecule has 0 radical (unpaired) electrons. The van der Waals surface area contributed by atoms with Gasteiger partial charge in [-0.2, -0.15) is 0 Å². The maximum absolute atomic E-state index is 12.7. The van der Waals surface area contributed by atoms with Crippen molar-refractivity contribution in [1.82, 2.24) is 0 Å². The van der Waals surface area contributed by atoms with E-state index in [1.54, 1.807) is 0 Å². The summed E-state index contributed by atoms with van der Waals surface area (Å²) in [7, 11) is 1.60. The van der Waals surface area contributed by atoms with Gasteiger partial charge in [-0.15, -0.1) is 0 Å². The number of carbonyl (C=O) groups is 1. The van der Waals surface area contributed by atoms with Crippen molar-refractivity contribution in [1.29, 1.82) is 0 Å². The predicted molar refractivity (Wildman–Crippen MR) is 260 cm³/mol. The van der Waals surface area contributed by atoms with Gasteiger partial charge in [-0.1, -0.05) is 155 Å². The monoisotopic (exact) mass is 869 g/mol. The quantitative estimate of drug-likeness (QED) is 0.0215. The topological polar surface area (TPSA) is 91.3 Å². The van der Waals surface area contributed by atoms with Crippen molar-refractivity contribution in [2.45, 2.75) is 148 Å². The van der Waals surface area contributed by atoms with Crippen molar-refractivity contribution < 1.29 is 37.3 Å². The van der Waals surface area contributed by atoms with E-state index < -0.39 is 13.9 Å². The minimum Gasteiger partial charge on any atom is -0.457 e. The molecular weight excluding hydrogens is 782 g/mol. The number of likely N-dealkylation sites (N-methyl/N-ethyl adjacent to an activating group) is 1. The van der Waals surface area contributed by atoms with Crippen LogP contribution in [-0.4, -0.2) is 75.6 Å². The van der Waals surface area contributed by atoms with Gasteiger partial charge in [-0.05, 0) is 103 Å². The first-order valence-corrected chi connectivity index (χ1v) is 24.8. The van der Waals surface area contributed by atoms with E-state index in [0.29, 0.717) is 24.1 Å². The smallest absolute Gasteiger partial charge is 0.457 e. The summed E-state index contributed by atoms with van der Waals surface area (Å²) in [5.41, 5.74) is 0. The molecule has 0 rings (SSSR count). The first-order chi connectivity index (χ1) is 29.6. The van der Waals surface area contributed by atoms with E-state index in [2.05, 4.69) is 135 Å². The van der Waals surface area contributed by atoms with Gasteiger partial charge in [0.05, 0.1) is 34.4 Å². The number of esters is 1. The van der Waals surface area contributed by atoms with E-state index in [0.717, 1.165) is 116 Å². The fraction of sp³-hybridized carbons (Fsp3) is 0.596. The zero-order valence-corrected chi connectivity index (χ0v) is 40.0. The Morgan fingerprint density at radius 1 is 0.508 bits per heavy atom. The molecular formula is C52H87NO7P+. The SMILES string of the molecule is CC/C=C\C/C=C\C/C=C\C/C=C\C/C=C\CCCCCCOCC(COP(=O)(O)OCC[N+](C)(C)C)OC(=O)CCCCC/C=C\C/C=C\C/C=C\C/C=C\C/C=C\CC. The van der Waals surface area contributed by atoms with Gasteiger partial charge < -0.3 is 18.9 Å². The van der Waals surface area contributed by atoms with Crippen LogP contribution in [0.1, 0.15) is 142 Å². The highest BCUT2D eigenvalue weighted by Crippen LogP contribution is 2.43. The average molecular weight is 869 g/mol. The molecule has 0 saturated carbocycles. The molecule has 0 spiro atoms. The maximum atomic E-state index is 12.7. The van der Waals surface area contributed by atoms with Gasteiger partial charge in [0.25, 0.3) is 0 Å². The normalized spacial score (nSPS) is 14.8. The van der Waals surface area contributed by atoms with Gasteiger partial charge in [0, 0.05) is 13.0 Å². The van der Waals surface area contributed by atoms with E-state index in [1.807, 2.05) is 21.1 Å². The molecule has 0 aliphatic rings. The van der Waals surface area contributed by atoms with Gasteiger partial charge in [0.1, 0.15) is 19.3 Å². The average Bonchev–Trinajstić information content (AvgIpc) is 3.22. The molecule has 346 valence electrons. The highest BCUT2D eigenvalue weighted by Gasteiger charge is 2.26. The van der Waals surface area contributed by atoms with Crippen molar-refractivity contribution in [2.24, 2.45) is 0 Å². The minimum atomic E-state index is -4.31. The van der Waals surface area contributed by atoms with Crippen LogP contribution in [0.25, 0.3) is 0 Å². The van der Waals surface area contributed by atoms with Crippen LogP contribution in [0.15, 0.2) is 122 Å². The van der Waals surface area contributed by atoms with Gasteiger partial charge >= 0.3 is 13.8 Å². The second kappa shape index (κ2) is 43.5. The Bertz CT molecular complexity index is 1380. The zero-order chi connectivity index (χ0) is 44.8. The zero-order valence-electron chi connectivity index (χ0n) is 39.1. The molecule has 61 heavy (non-hydrogen) atoms. The van der Waals surface area contributed by atoms with E-state index in [9.17, 15) is 14.3 Å². The summed E-state index contributed by atoms with van der Waals surface area (Å²) in [6, 6.07) is 0. The Morgan fingerprint density at radius 2 is 0.902 bits per heavy atom. The molecule has 0 aliphatic carbocycles. The molecule has 0 aliphatic heterocycles. The van der Waals surface area contributed by atoms with Crippen LogP contribution in [0.5, 0.6) is 0 Å². The van der Waals surface area contributed by atoms with Crippen LogP contribution >= 0.6 is 7.82 Å². The predicted octanol–water partition coefficient (Wildman–Crippen LogP) is 14.2. The van der Waals surface area contributed by atoms with E-state index in [1.165, 1.54) is 0 Å². The second-order valence-corrected chi connectivity index (χ2v) is 17.5. The first kappa shape index (κ1) is 57.9. The van der Waals surface area contributed by atoms with Gasteiger partial charge in [0.2, 0.25) is 0 Å². The maximum Gasteiger partial charge on any atom is 0.472 e. The molecule has 8 nitrogen and oxygen atoms in total. The largest absolute Gasteiger partial charge is 0.472 e. The second-order valence-electron chi connectivity index (χ2n) is 16.0. The number of nitrogens with zero attached hydrogens (tertiary/aromatic N) is 1. The molecule has 0 bridgehead atoms. The summed E-state index contributed by atoms with van der Waals surface area (Å²) in [6.45, 7) is 5.24. The molecule has 0 amide bonds. The van der Waals surface area contributed by atoms with Gasteiger partial charge in [-0.25, -0.2) is 4.57 Å². The number of rotatable bonds is 41. The molecule has 0 saturated heterocycles. The Hall–Kier alpha value is -3.10. The lowest BCUT2D eigenvalue weighted by molar-refractivity contribution is -0.870. The summed E-state index contributed by atoms with van der Waals surface area (Å²) in [4.78, 5) is 22.9. The molecule has 0 aromatic rings. The number of phosphoric acid groups is 1. The minimum absolute atomic E-state index is 0.0684. The van der Waals surface area contributed by atoms with Crippen LogP contribution in [0.2, 0.25) is 0 Å². The van der Waals surface area contributed by atoms with Crippen molar-refractivity contribution in [2.75, 3.05) is 54.1 Å². The summed E-state index contributed by atoms with van der Waals surface area (Å²) in [5.74, 6) is -0.360. The number of hydrogen-bond donors (Lipinski definition) is 1. The Balaban J connectivity index is 4.37. The molecule has 0 aromatic carbocycles. The molecule has 2 unspecified atom stereocenters. The van der Waals surface area contributed by atoms with Crippen LogP contribution in [0, 0.1) is 0 Å². The summed E-state index contributed by atoms with van der Waals surface area (Å²) in [5, 5.41) is 0. The van der Waals surface area contributed by atoms with E-state index in [-0.39, 0.29) is 32.2 Å². The number of ether oxygens (including phenoxy) is 2. The van der Waals surface area contributed by atoms with E-state index >= 15 is 0 Å².